The van der Waals surface area contributed by atoms with Crippen molar-refractivity contribution in [3.8, 4) is 11.4 Å². The fourth-order valence-electron chi connectivity index (χ4n) is 2.65. The third kappa shape index (κ3) is 3.55. The van der Waals surface area contributed by atoms with E-state index in [-0.39, 0.29) is 12.5 Å². The van der Waals surface area contributed by atoms with E-state index in [9.17, 15) is 10.2 Å². The first-order chi connectivity index (χ1) is 11.1. The Balaban J connectivity index is 1.60. The van der Waals surface area contributed by atoms with E-state index in [1.165, 1.54) is 0 Å². The standard InChI is InChI=1S/C19H21NO3/c1-14-5-4-6-17(19(14)22)18(21)13-23-16-9-7-15(8-10-16)20-11-2-3-12-20/h2-12,14,18-19,21-22H,13H2,1H3. The molecule has 1 aromatic carbocycles. The summed E-state index contributed by atoms with van der Waals surface area (Å²) in [5, 5.41) is 20.3. The third-order valence-corrected chi connectivity index (χ3v) is 4.07. The number of benzene rings is 1. The molecule has 3 atom stereocenters. The van der Waals surface area contributed by atoms with Gasteiger partial charge in [-0.15, -0.1) is 0 Å². The molecule has 0 spiro atoms. The highest BCUT2D eigenvalue weighted by Crippen LogP contribution is 2.23. The Labute approximate surface area is 136 Å². The molecule has 0 saturated carbocycles. The highest BCUT2D eigenvalue weighted by atomic mass is 16.5. The van der Waals surface area contributed by atoms with Crippen LogP contribution in [0.5, 0.6) is 5.75 Å². The predicted molar refractivity (Wildman–Crippen MR) is 89.7 cm³/mol. The Morgan fingerprint density at radius 2 is 1.87 bits per heavy atom. The molecule has 1 aromatic heterocycles. The number of aromatic nitrogens is 1. The lowest BCUT2D eigenvalue weighted by Gasteiger charge is -2.25. The van der Waals surface area contributed by atoms with E-state index in [4.69, 9.17) is 4.74 Å². The van der Waals surface area contributed by atoms with Crippen molar-refractivity contribution in [3.63, 3.8) is 0 Å². The van der Waals surface area contributed by atoms with Crippen LogP contribution in [0, 0.1) is 5.92 Å². The van der Waals surface area contributed by atoms with Gasteiger partial charge in [0.15, 0.2) is 0 Å². The van der Waals surface area contributed by atoms with E-state index in [0.29, 0.717) is 11.3 Å². The highest BCUT2D eigenvalue weighted by molar-refractivity contribution is 5.38. The molecule has 0 bridgehead atoms. The number of rotatable bonds is 5. The quantitative estimate of drug-likeness (QED) is 0.892. The Kier molecular flexibility index (Phi) is 4.65. The molecule has 0 radical (unpaired) electrons. The van der Waals surface area contributed by atoms with Gasteiger partial charge in [0.2, 0.25) is 0 Å². The van der Waals surface area contributed by atoms with Crippen LogP contribution < -0.4 is 4.74 Å². The molecule has 0 saturated heterocycles. The van der Waals surface area contributed by atoms with Crippen molar-refractivity contribution in [1.29, 1.82) is 0 Å². The van der Waals surface area contributed by atoms with Gasteiger partial charge in [-0.05, 0) is 42.0 Å². The summed E-state index contributed by atoms with van der Waals surface area (Å²) in [4.78, 5) is 0. The molecule has 1 aliphatic rings. The lowest BCUT2D eigenvalue weighted by atomic mass is 9.89. The van der Waals surface area contributed by atoms with Crippen LogP contribution in [0.1, 0.15) is 6.92 Å². The summed E-state index contributed by atoms with van der Waals surface area (Å²) in [6.45, 7) is 2.04. The first-order valence-electron chi connectivity index (χ1n) is 7.76. The molecule has 23 heavy (non-hydrogen) atoms. The van der Waals surface area contributed by atoms with Gasteiger partial charge in [0.05, 0.1) is 6.10 Å². The van der Waals surface area contributed by atoms with Crippen LogP contribution in [0.25, 0.3) is 5.69 Å². The van der Waals surface area contributed by atoms with E-state index < -0.39 is 12.2 Å². The molecule has 3 rings (SSSR count). The Morgan fingerprint density at radius 1 is 1.17 bits per heavy atom. The zero-order valence-electron chi connectivity index (χ0n) is 13.0. The molecule has 4 heteroatoms. The summed E-state index contributed by atoms with van der Waals surface area (Å²) < 4.78 is 7.65. The van der Waals surface area contributed by atoms with Crippen LogP contribution in [0.15, 0.2) is 72.6 Å². The molecule has 0 aliphatic heterocycles. The number of aliphatic hydroxyl groups is 2. The Hall–Kier alpha value is -2.30. The van der Waals surface area contributed by atoms with Gasteiger partial charge in [-0.2, -0.15) is 0 Å². The zero-order valence-corrected chi connectivity index (χ0v) is 13.0. The first kappa shape index (κ1) is 15.6. The Bertz CT molecular complexity index is 686. The van der Waals surface area contributed by atoms with Gasteiger partial charge in [0, 0.05) is 24.0 Å². The normalized spacial score (nSPS) is 21.8. The number of hydrogen-bond donors (Lipinski definition) is 2. The van der Waals surface area contributed by atoms with Crippen molar-refractivity contribution in [2.24, 2.45) is 5.92 Å². The van der Waals surface area contributed by atoms with Crippen molar-refractivity contribution in [2.45, 2.75) is 19.1 Å². The minimum atomic E-state index is -0.818. The van der Waals surface area contributed by atoms with Crippen molar-refractivity contribution < 1.29 is 14.9 Å². The van der Waals surface area contributed by atoms with Crippen molar-refractivity contribution in [2.75, 3.05) is 6.61 Å². The topological polar surface area (TPSA) is 54.6 Å². The van der Waals surface area contributed by atoms with Crippen LogP contribution in [0.2, 0.25) is 0 Å². The molecular formula is C19H21NO3. The SMILES string of the molecule is CC1C=CC=C(C(O)COc2ccc(-n3cccc3)cc2)C1O. The molecule has 2 aromatic rings. The lowest BCUT2D eigenvalue weighted by molar-refractivity contribution is 0.0886. The largest absolute Gasteiger partial charge is 0.491 e. The van der Waals surface area contributed by atoms with Crippen molar-refractivity contribution in [1.82, 2.24) is 4.57 Å². The second-order valence-electron chi connectivity index (χ2n) is 5.77. The Morgan fingerprint density at radius 3 is 2.57 bits per heavy atom. The van der Waals surface area contributed by atoms with Gasteiger partial charge in [0.25, 0.3) is 0 Å². The number of ether oxygens (including phenoxy) is 1. The summed E-state index contributed by atoms with van der Waals surface area (Å²) in [6.07, 6.45) is 8.02. The lowest BCUT2D eigenvalue weighted by Crippen LogP contribution is -2.32. The van der Waals surface area contributed by atoms with E-state index in [1.54, 1.807) is 6.08 Å². The van der Waals surface area contributed by atoms with Gasteiger partial charge in [-0.1, -0.05) is 25.2 Å². The molecule has 4 nitrogen and oxygen atoms in total. The van der Waals surface area contributed by atoms with Crippen LogP contribution in [0.4, 0.5) is 0 Å². The summed E-state index contributed by atoms with van der Waals surface area (Å²) >= 11 is 0. The third-order valence-electron chi connectivity index (χ3n) is 4.07. The van der Waals surface area contributed by atoms with Crippen LogP contribution in [-0.4, -0.2) is 33.6 Å². The van der Waals surface area contributed by atoms with E-state index >= 15 is 0 Å². The average Bonchev–Trinajstić information content (AvgIpc) is 3.10. The van der Waals surface area contributed by atoms with Gasteiger partial charge >= 0.3 is 0 Å². The summed E-state index contributed by atoms with van der Waals surface area (Å²) in [5.74, 6) is 0.694. The van der Waals surface area contributed by atoms with Gasteiger partial charge < -0.3 is 19.5 Å². The minimum Gasteiger partial charge on any atom is -0.491 e. The zero-order chi connectivity index (χ0) is 16.2. The van der Waals surface area contributed by atoms with E-state index in [2.05, 4.69) is 0 Å². The number of aliphatic hydroxyl groups excluding tert-OH is 2. The van der Waals surface area contributed by atoms with Gasteiger partial charge in [0.1, 0.15) is 18.5 Å². The fraction of sp³-hybridized carbons (Fsp3) is 0.263. The molecule has 120 valence electrons. The second-order valence-corrected chi connectivity index (χ2v) is 5.77. The molecule has 2 N–H and O–H groups in total. The maximum atomic E-state index is 10.2. The first-order valence-corrected chi connectivity index (χ1v) is 7.76. The average molecular weight is 311 g/mol. The smallest absolute Gasteiger partial charge is 0.119 e. The molecule has 1 heterocycles. The maximum absolute atomic E-state index is 10.2. The van der Waals surface area contributed by atoms with E-state index in [1.807, 2.05) is 72.4 Å². The van der Waals surface area contributed by atoms with Crippen molar-refractivity contribution >= 4 is 0 Å². The van der Waals surface area contributed by atoms with Gasteiger partial charge in [-0.3, -0.25) is 0 Å². The summed E-state index contributed by atoms with van der Waals surface area (Å²) in [6, 6.07) is 11.6. The van der Waals surface area contributed by atoms with Crippen molar-refractivity contribution in [3.05, 3.63) is 72.6 Å². The van der Waals surface area contributed by atoms with Crippen LogP contribution in [0.3, 0.4) is 0 Å². The van der Waals surface area contributed by atoms with Crippen LogP contribution >= 0.6 is 0 Å². The molecule has 1 aliphatic carbocycles. The fourth-order valence-corrected chi connectivity index (χ4v) is 2.65. The molecule has 0 fully saturated rings. The van der Waals surface area contributed by atoms with Gasteiger partial charge in [-0.25, -0.2) is 0 Å². The second kappa shape index (κ2) is 6.86. The summed E-state index contributed by atoms with van der Waals surface area (Å²) in [7, 11) is 0. The molecule has 3 unspecified atom stereocenters. The monoisotopic (exact) mass is 311 g/mol. The number of nitrogens with zero attached hydrogens (tertiary/aromatic N) is 1. The highest BCUT2D eigenvalue weighted by Gasteiger charge is 2.25. The number of allylic oxidation sites excluding steroid dienone is 2. The van der Waals surface area contributed by atoms with E-state index in [0.717, 1.165) is 5.69 Å². The molecular weight excluding hydrogens is 290 g/mol. The predicted octanol–water partition coefficient (Wildman–Crippen LogP) is 2.71. The maximum Gasteiger partial charge on any atom is 0.119 e. The van der Waals surface area contributed by atoms with Crippen LogP contribution in [-0.2, 0) is 0 Å². The summed E-state index contributed by atoms with van der Waals surface area (Å²) in [5.41, 5.74) is 1.65. The minimum absolute atomic E-state index is 0.00510. The molecule has 0 amide bonds. The number of hydrogen-bond acceptors (Lipinski definition) is 3.